The van der Waals surface area contributed by atoms with E-state index in [1.54, 1.807) is 0 Å². The van der Waals surface area contributed by atoms with Crippen LogP contribution in [0.25, 0.3) is 0 Å². The summed E-state index contributed by atoms with van der Waals surface area (Å²) in [6.45, 7) is 8.51. The number of carbonyl (C=O) groups is 1. The number of aryl methyl sites for hydroxylation is 1. The second-order valence-electron chi connectivity index (χ2n) is 6.81. The number of nitrogens with zero attached hydrogens (tertiary/aromatic N) is 4. The maximum atomic E-state index is 12.5. The standard InChI is InChI=1S/C18H30N4O2/c1-2-21-11-8-19-17(21)15-20-9-4-10-22(13-12-20)18(23)7-6-16-5-3-14-24-16/h8,11,16H,2-7,9-10,12-15H2,1H3/t16-/m0/s1. The third-order valence-corrected chi connectivity index (χ3v) is 5.15. The van der Waals surface area contributed by atoms with Gasteiger partial charge in [0.1, 0.15) is 5.82 Å². The van der Waals surface area contributed by atoms with Crippen LogP contribution in [0.1, 0.15) is 44.9 Å². The van der Waals surface area contributed by atoms with Gasteiger partial charge in [-0.05, 0) is 32.6 Å². The van der Waals surface area contributed by atoms with E-state index in [9.17, 15) is 4.79 Å². The van der Waals surface area contributed by atoms with E-state index in [0.29, 0.717) is 18.4 Å². The van der Waals surface area contributed by atoms with E-state index in [-0.39, 0.29) is 0 Å². The molecule has 3 rings (SSSR count). The first-order valence-corrected chi connectivity index (χ1v) is 9.38. The predicted octanol–water partition coefficient (Wildman–Crippen LogP) is 1.90. The van der Waals surface area contributed by atoms with E-state index < -0.39 is 0 Å². The Hall–Kier alpha value is -1.40. The highest BCUT2D eigenvalue weighted by Gasteiger charge is 2.22. The highest BCUT2D eigenvalue weighted by molar-refractivity contribution is 5.76. The lowest BCUT2D eigenvalue weighted by Crippen LogP contribution is -2.35. The second kappa shape index (κ2) is 8.62. The molecule has 2 aliphatic rings. The van der Waals surface area contributed by atoms with E-state index in [2.05, 4.69) is 21.4 Å². The first-order chi connectivity index (χ1) is 11.8. The van der Waals surface area contributed by atoms with Crippen LogP contribution in [0, 0.1) is 0 Å². The summed E-state index contributed by atoms with van der Waals surface area (Å²) in [6.07, 6.45) is 9.03. The summed E-state index contributed by atoms with van der Waals surface area (Å²) in [5.41, 5.74) is 0. The minimum atomic E-state index is 0.294. The highest BCUT2D eigenvalue weighted by atomic mass is 16.5. The average Bonchev–Trinajstić information content (AvgIpc) is 3.21. The van der Waals surface area contributed by atoms with Gasteiger partial charge in [-0.2, -0.15) is 0 Å². The molecule has 1 amide bonds. The molecule has 3 heterocycles. The van der Waals surface area contributed by atoms with Crippen LogP contribution in [0.3, 0.4) is 0 Å². The zero-order valence-electron chi connectivity index (χ0n) is 14.8. The number of imidazole rings is 1. The van der Waals surface area contributed by atoms with Gasteiger partial charge in [0.2, 0.25) is 5.91 Å². The van der Waals surface area contributed by atoms with E-state index >= 15 is 0 Å². The first kappa shape index (κ1) is 17.4. The number of aromatic nitrogens is 2. The van der Waals surface area contributed by atoms with Crippen molar-refractivity contribution in [2.75, 3.05) is 32.8 Å². The molecule has 0 bridgehead atoms. The number of ether oxygens (including phenoxy) is 1. The Labute approximate surface area is 144 Å². The largest absolute Gasteiger partial charge is 0.378 e. The Balaban J connectivity index is 1.44. The molecule has 0 saturated carbocycles. The summed E-state index contributed by atoms with van der Waals surface area (Å²) in [5, 5.41) is 0. The summed E-state index contributed by atoms with van der Waals surface area (Å²) in [7, 11) is 0. The van der Waals surface area contributed by atoms with Crippen LogP contribution in [-0.2, 0) is 22.6 Å². The Morgan fingerprint density at radius 3 is 3.00 bits per heavy atom. The van der Waals surface area contributed by atoms with Crippen LogP contribution >= 0.6 is 0 Å². The van der Waals surface area contributed by atoms with Crippen molar-refractivity contribution in [1.82, 2.24) is 19.4 Å². The molecule has 2 aliphatic heterocycles. The Kier molecular flexibility index (Phi) is 6.26. The maximum absolute atomic E-state index is 12.5. The maximum Gasteiger partial charge on any atom is 0.222 e. The lowest BCUT2D eigenvalue weighted by molar-refractivity contribution is -0.131. The smallest absolute Gasteiger partial charge is 0.222 e. The van der Waals surface area contributed by atoms with E-state index in [1.165, 1.54) is 0 Å². The van der Waals surface area contributed by atoms with Gasteiger partial charge >= 0.3 is 0 Å². The average molecular weight is 334 g/mol. The predicted molar refractivity (Wildman–Crippen MR) is 92.6 cm³/mol. The number of rotatable bonds is 6. The van der Waals surface area contributed by atoms with Crippen LogP contribution in [0.5, 0.6) is 0 Å². The third-order valence-electron chi connectivity index (χ3n) is 5.15. The molecule has 6 nitrogen and oxygen atoms in total. The zero-order chi connectivity index (χ0) is 16.8. The van der Waals surface area contributed by atoms with Gasteiger partial charge in [-0.3, -0.25) is 9.69 Å². The fourth-order valence-corrected chi connectivity index (χ4v) is 3.67. The van der Waals surface area contributed by atoms with Crippen molar-refractivity contribution in [3.63, 3.8) is 0 Å². The van der Waals surface area contributed by atoms with Gasteiger partial charge in [0.25, 0.3) is 0 Å². The molecular weight excluding hydrogens is 304 g/mol. The topological polar surface area (TPSA) is 50.6 Å². The summed E-state index contributed by atoms with van der Waals surface area (Å²) in [6, 6.07) is 0. The van der Waals surface area contributed by atoms with E-state index in [0.717, 1.165) is 77.4 Å². The summed E-state index contributed by atoms with van der Waals surface area (Å²) in [5.74, 6) is 1.41. The van der Waals surface area contributed by atoms with Crippen LogP contribution < -0.4 is 0 Å². The molecule has 0 aromatic carbocycles. The number of hydrogen-bond donors (Lipinski definition) is 0. The molecule has 0 unspecified atom stereocenters. The fraction of sp³-hybridized carbons (Fsp3) is 0.778. The molecule has 2 saturated heterocycles. The molecule has 1 aromatic heterocycles. The zero-order valence-corrected chi connectivity index (χ0v) is 14.8. The van der Waals surface area contributed by atoms with Gasteiger partial charge in [-0.25, -0.2) is 4.98 Å². The van der Waals surface area contributed by atoms with Gasteiger partial charge in [0, 0.05) is 58.1 Å². The van der Waals surface area contributed by atoms with Gasteiger partial charge in [-0.15, -0.1) is 0 Å². The molecule has 0 aliphatic carbocycles. The monoisotopic (exact) mass is 334 g/mol. The quantitative estimate of drug-likeness (QED) is 0.797. The molecule has 0 radical (unpaired) electrons. The normalized spacial score (nSPS) is 22.7. The Morgan fingerprint density at radius 2 is 2.21 bits per heavy atom. The Morgan fingerprint density at radius 1 is 1.29 bits per heavy atom. The fourth-order valence-electron chi connectivity index (χ4n) is 3.67. The number of amides is 1. The Bertz CT molecular complexity index is 525. The third kappa shape index (κ3) is 4.57. The lowest BCUT2D eigenvalue weighted by Gasteiger charge is -2.22. The van der Waals surface area contributed by atoms with Gasteiger partial charge in [-0.1, -0.05) is 0 Å². The van der Waals surface area contributed by atoms with Crippen molar-refractivity contribution in [2.24, 2.45) is 0 Å². The van der Waals surface area contributed by atoms with Crippen molar-refractivity contribution in [3.8, 4) is 0 Å². The second-order valence-corrected chi connectivity index (χ2v) is 6.81. The molecule has 2 fully saturated rings. The first-order valence-electron chi connectivity index (χ1n) is 9.38. The molecule has 24 heavy (non-hydrogen) atoms. The molecule has 1 atom stereocenters. The van der Waals surface area contributed by atoms with Crippen molar-refractivity contribution < 1.29 is 9.53 Å². The van der Waals surface area contributed by atoms with Crippen molar-refractivity contribution >= 4 is 5.91 Å². The van der Waals surface area contributed by atoms with Crippen molar-refractivity contribution in [2.45, 2.75) is 58.2 Å². The number of hydrogen-bond acceptors (Lipinski definition) is 4. The lowest BCUT2D eigenvalue weighted by atomic mass is 10.1. The molecule has 6 heteroatoms. The summed E-state index contributed by atoms with van der Waals surface area (Å²) in [4.78, 5) is 21.4. The van der Waals surface area contributed by atoms with Gasteiger partial charge < -0.3 is 14.2 Å². The van der Waals surface area contributed by atoms with E-state index in [4.69, 9.17) is 4.74 Å². The van der Waals surface area contributed by atoms with Crippen LogP contribution in [0.4, 0.5) is 0 Å². The SMILES string of the molecule is CCn1ccnc1CN1CCCN(C(=O)CC[C@@H]2CCCO2)CC1. The van der Waals surface area contributed by atoms with Crippen molar-refractivity contribution in [1.29, 1.82) is 0 Å². The summed E-state index contributed by atoms with van der Waals surface area (Å²) >= 11 is 0. The molecule has 0 spiro atoms. The van der Waals surface area contributed by atoms with Gasteiger partial charge in [0.05, 0.1) is 12.6 Å². The molecular formula is C18H30N4O2. The highest BCUT2D eigenvalue weighted by Crippen LogP contribution is 2.18. The molecule has 0 N–H and O–H groups in total. The minimum absolute atomic E-state index is 0.294. The summed E-state index contributed by atoms with van der Waals surface area (Å²) < 4.78 is 7.81. The minimum Gasteiger partial charge on any atom is -0.378 e. The van der Waals surface area contributed by atoms with Crippen LogP contribution in [-0.4, -0.2) is 64.1 Å². The molecule has 134 valence electrons. The molecule has 1 aromatic rings. The number of carbonyl (C=O) groups excluding carboxylic acids is 1. The van der Waals surface area contributed by atoms with Crippen LogP contribution in [0.2, 0.25) is 0 Å². The van der Waals surface area contributed by atoms with Crippen molar-refractivity contribution in [3.05, 3.63) is 18.2 Å². The van der Waals surface area contributed by atoms with Gasteiger partial charge in [0.15, 0.2) is 0 Å². The van der Waals surface area contributed by atoms with E-state index in [1.807, 2.05) is 17.3 Å². The van der Waals surface area contributed by atoms with Crippen LogP contribution in [0.15, 0.2) is 12.4 Å².